The second-order valence-corrected chi connectivity index (χ2v) is 4.09. The zero-order chi connectivity index (χ0) is 9.26. The van der Waals surface area contributed by atoms with Gasteiger partial charge in [0.2, 0.25) is 0 Å². The van der Waals surface area contributed by atoms with Gasteiger partial charge in [0.05, 0.1) is 35.6 Å². The van der Waals surface area contributed by atoms with Gasteiger partial charge in [-0.1, -0.05) is 11.6 Å². The molecule has 13 heavy (non-hydrogen) atoms. The van der Waals surface area contributed by atoms with Crippen LogP contribution in [0.2, 0.25) is 5.15 Å². The van der Waals surface area contributed by atoms with Crippen LogP contribution in [0.3, 0.4) is 0 Å². The highest BCUT2D eigenvalue weighted by molar-refractivity contribution is 9.10. The molecule has 1 aromatic rings. The highest BCUT2D eigenvalue weighted by atomic mass is 79.9. The van der Waals surface area contributed by atoms with E-state index < -0.39 is 0 Å². The number of halogens is 2. The van der Waals surface area contributed by atoms with Crippen molar-refractivity contribution in [3.63, 3.8) is 0 Å². The standard InChI is InChI=1S/C8H8BrClN2O/c9-7-1-5(2-11-8(7)10)12-6-3-13-4-6/h1-2,6,12H,3-4H2. The van der Waals surface area contributed by atoms with Crippen LogP contribution in [-0.2, 0) is 4.74 Å². The van der Waals surface area contributed by atoms with Crippen LogP contribution in [0.1, 0.15) is 0 Å². The quantitative estimate of drug-likeness (QED) is 0.832. The van der Waals surface area contributed by atoms with Crippen molar-refractivity contribution in [2.45, 2.75) is 6.04 Å². The average molecular weight is 264 g/mol. The van der Waals surface area contributed by atoms with Crippen molar-refractivity contribution in [2.24, 2.45) is 0 Å². The molecule has 0 bridgehead atoms. The van der Waals surface area contributed by atoms with Crippen molar-refractivity contribution in [1.29, 1.82) is 0 Å². The summed E-state index contributed by atoms with van der Waals surface area (Å²) in [6.07, 6.45) is 1.71. The zero-order valence-corrected chi connectivity index (χ0v) is 9.10. The van der Waals surface area contributed by atoms with Gasteiger partial charge in [-0.05, 0) is 22.0 Å². The van der Waals surface area contributed by atoms with E-state index in [0.29, 0.717) is 11.2 Å². The largest absolute Gasteiger partial charge is 0.377 e. The summed E-state index contributed by atoms with van der Waals surface area (Å²) in [5.74, 6) is 0. The second-order valence-electron chi connectivity index (χ2n) is 2.88. The van der Waals surface area contributed by atoms with Gasteiger partial charge in [0, 0.05) is 0 Å². The molecular formula is C8H8BrClN2O. The first kappa shape index (κ1) is 9.24. The highest BCUT2D eigenvalue weighted by Gasteiger charge is 2.17. The van der Waals surface area contributed by atoms with Gasteiger partial charge in [-0.15, -0.1) is 0 Å². The normalized spacial score (nSPS) is 16.8. The summed E-state index contributed by atoms with van der Waals surface area (Å²) in [5.41, 5.74) is 0.963. The van der Waals surface area contributed by atoms with Gasteiger partial charge in [-0.25, -0.2) is 4.98 Å². The molecule has 2 heterocycles. The lowest BCUT2D eigenvalue weighted by atomic mass is 10.2. The Morgan fingerprint density at radius 2 is 2.38 bits per heavy atom. The molecule has 0 aromatic carbocycles. The van der Waals surface area contributed by atoms with Crippen LogP contribution in [0.5, 0.6) is 0 Å². The molecule has 0 unspecified atom stereocenters. The van der Waals surface area contributed by atoms with Crippen molar-refractivity contribution in [3.05, 3.63) is 21.9 Å². The van der Waals surface area contributed by atoms with Gasteiger partial charge < -0.3 is 10.1 Å². The summed E-state index contributed by atoms with van der Waals surface area (Å²) in [4.78, 5) is 4.01. The first-order valence-electron chi connectivity index (χ1n) is 3.91. The monoisotopic (exact) mass is 262 g/mol. The fourth-order valence-electron chi connectivity index (χ4n) is 1.05. The van der Waals surface area contributed by atoms with Gasteiger partial charge in [-0.2, -0.15) is 0 Å². The molecule has 2 rings (SSSR count). The molecule has 0 atom stereocenters. The third-order valence-corrected chi connectivity index (χ3v) is 2.94. The van der Waals surface area contributed by atoms with Crippen LogP contribution in [0.25, 0.3) is 0 Å². The van der Waals surface area contributed by atoms with Gasteiger partial charge in [0.25, 0.3) is 0 Å². The molecule has 1 aromatic heterocycles. The lowest BCUT2D eigenvalue weighted by Gasteiger charge is -2.27. The smallest absolute Gasteiger partial charge is 0.143 e. The Kier molecular flexibility index (Phi) is 2.71. The summed E-state index contributed by atoms with van der Waals surface area (Å²) >= 11 is 9.06. The molecular weight excluding hydrogens is 255 g/mol. The van der Waals surface area contributed by atoms with Gasteiger partial charge in [-0.3, -0.25) is 0 Å². The maximum Gasteiger partial charge on any atom is 0.143 e. The molecule has 1 fully saturated rings. The Morgan fingerprint density at radius 3 is 2.92 bits per heavy atom. The van der Waals surface area contributed by atoms with Crippen molar-refractivity contribution < 1.29 is 4.74 Å². The summed E-state index contributed by atoms with van der Waals surface area (Å²) in [6, 6.07) is 2.32. The molecule has 70 valence electrons. The van der Waals surface area contributed by atoms with E-state index in [9.17, 15) is 0 Å². The first-order valence-corrected chi connectivity index (χ1v) is 5.08. The van der Waals surface area contributed by atoms with Crippen molar-refractivity contribution in [1.82, 2.24) is 4.98 Å². The molecule has 0 aliphatic carbocycles. The molecule has 0 radical (unpaired) electrons. The molecule has 5 heteroatoms. The predicted octanol–water partition coefficient (Wildman–Crippen LogP) is 2.31. The average Bonchev–Trinajstić information content (AvgIpc) is 2.04. The van der Waals surface area contributed by atoms with E-state index >= 15 is 0 Å². The third kappa shape index (κ3) is 2.13. The number of aromatic nitrogens is 1. The molecule has 1 aliphatic heterocycles. The Bertz CT molecular complexity index is 317. The van der Waals surface area contributed by atoms with Crippen molar-refractivity contribution >= 4 is 33.2 Å². The van der Waals surface area contributed by atoms with Crippen LogP contribution >= 0.6 is 27.5 Å². The number of pyridine rings is 1. The summed E-state index contributed by atoms with van der Waals surface area (Å²) in [6.45, 7) is 1.53. The zero-order valence-electron chi connectivity index (χ0n) is 6.76. The topological polar surface area (TPSA) is 34.2 Å². The van der Waals surface area contributed by atoms with Crippen molar-refractivity contribution in [2.75, 3.05) is 18.5 Å². The highest BCUT2D eigenvalue weighted by Crippen LogP contribution is 2.23. The number of rotatable bonds is 2. The Hall–Kier alpha value is -0.320. The van der Waals surface area contributed by atoms with Crippen LogP contribution in [0, 0.1) is 0 Å². The predicted molar refractivity (Wildman–Crippen MR) is 55.2 cm³/mol. The Morgan fingerprint density at radius 1 is 1.62 bits per heavy atom. The minimum Gasteiger partial charge on any atom is -0.377 e. The Balaban J connectivity index is 2.07. The van der Waals surface area contributed by atoms with E-state index in [1.165, 1.54) is 0 Å². The van der Waals surface area contributed by atoms with Gasteiger partial charge in [0.15, 0.2) is 0 Å². The maximum atomic E-state index is 5.75. The lowest BCUT2D eigenvalue weighted by Crippen LogP contribution is -2.40. The Labute approximate surface area is 89.6 Å². The van der Waals surface area contributed by atoms with E-state index in [4.69, 9.17) is 16.3 Å². The number of nitrogens with zero attached hydrogens (tertiary/aromatic N) is 1. The summed E-state index contributed by atoms with van der Waals surface area (Å²) in [5, 5.41) is 3.75. The van der Waals surface area contributed by atoms with Crippen molar-refractivity contribution in [3.8, 4) is 0 Å². The third-order valence-electron chi connectivity index (χ3n) is 1.81. The maximum absolute atomic E-state index is 5.75. The minimum absolute atomic E-state index is 0.412. The number of nitrogens with one attached hydrogen (secondary N) is 1. The van der Waals surface area contributed by atoms with Crippen LogP contribution in [-0.4, -0.2) is 24.2 Å². The first-order chi connectivity index (χ1) is 6.25. The molecule has 0 saturated carbocycles. The second kappa shape index (κ2) is 3.82. The van der Waals surface area contributed by atoms with Crippen LogP contribution < -0.4 is 5.32 Å². The van der Waals surface area contributed by atoms with Crippen LogP contribution in [0.4, 0.5) is 5.69 Å². The fourth-order valence-corrected chi connectivity index (χ4v) is 1.51. The molecule has 1 saturated heterocycles. The lowest BCUT2D eigenvalue weighted by molar-refractivity contribution is 0.0211. The van der Waals surface area contributed by atoms with E-state index in [1.807, 2.05) is 6.07 Å². The molecule has 3 nitrogen and oxygen atoms in total. The number of hydrogen-bond donors (Lipinski definition) is 1. The van der Waals surface area contributed by atoms with Gasteiger partial charge in [0.1, 0.15) is 5.15 Å². The molecule has 1 N–H and O–H groups in total. The summed E-state index contributed by atoms with van der Waals surface area (Å²) < 4.78 is 5.85. The van der Waals surface area contributed by atoms with E-state index in [1.54, 1.807) is 6.20 Å². The molecule has 1 aliphatic rings. The number of hydrogen-bond acceptors (Lipinski definition) is 3. The minimum atomic E-state index is 0.412. The SMILES string of the molecule is Clc1ncc(NC2COC2)cc1Br. The van der Waals surface area contributed by atoms with E-state index in [-0.39, 0.29) is 0 Å². The summed E-state index contributed by atoms with van der Waals surface area (Å²) in [7, 11) is 0. The van der Waals surface area contributed by atoms with Gasteiger partial charge >= 0.3 is 0 Å². The number of ether oxygens (including phenoxy) is 1. The molecule has 0 amide bonds. The molecule has 0 spiro atoms. The number of anilines is 1. The van der Waals surface area contributed by atoms with E-state index in [0.717, 1.165) is 23.4 Å². The van der Waals surface area contributed by atoms with E-state index in [2.05, 4.69) is 26.2 Å². The fraction of sp³-hybridized carbons (Fsp3) is 0.375. The van der Waals surface area contributed by atoms with Crippen LogP contribution in [0.15, 0.2) is 16.7 Å².